The Morgan fingerprint density at radius 3 is 2.26 bits per heavy atom. The number of hydrogen-bond acceptors (Lipinski definition) is 7. The van der Waals surface area contributed by atoms with Crippen LogP contribution in [0.1, 0.15) is 114 Å². The van der Waals surface area contributed by atoms with E-state index in [0.717, 1.165) is 55.5 Å². The maximum atomic E-state index is 12.7. The highest BCUT2D eigenvalue weighted by Crippen LogP contribution is 2.30. The molecule has 0 bridgehead atoms. The van der Waals surface area contributed by atoms with Crippen molar-refractivity contribution in [2.45, 2.75) is 123 Å². The van der Waals surface area contributed by atoms with E-state index in [1.54, 1.807) is 4.90 Å². The Balaban J connectivity index is 1.54. The van der Waals surface area contributed by atoms with Crippen LogP contribution in [0.3, 0.4) is 0 Å². The van der Waals surface area contributed by atoms with Gasteiger partial charge in [0.25, 0.3) is 0 Å². The number of aryl methyl sites for hydroxylation is 1. The van der Waals surface area contributed by atoms with Crippen molar-refractivity contribution in [3.63, 3.8) is 0 Å². The maximum absolute atomic E-state index is 12.7. The van der Waals surface area contributed by atoms with Crippen molar-refractivity contribution < 1.29 is 19.1 Å². The number of amides is 1. The van der Waals surface area contributed by atoms with Crippen LogP contribution in [0, 0.1) is 0 Å². The summed E-state index contributed by atoms with van der Waals surface area (Å²) in [6.07, 6.45) is 16.8. The molecule has 0 saturated carbocycles. The summed E-state index contributed by atoms with van der Waals surface area (Å²) in [5, 5.41) is 0.583. The van der Waals surface area contributed by atoms with Gasteiger partial charge in [-0.2, -0.15) is 0 Å². The second kappa shape index (κ2) is 16.7. The first-order chi connectivity index (χ1) is 16.5. The van der Waals surface area contributed by atoms with Crippen LogP contribution in [-0.2, 0) is 27.1 Å². The molecule has 1 aliphatic rings. The number of nitrogens with zero attached hydrogens (tertiary/aromatic N) is 2. The van der Waals surface area contributed by atoms with Gasteiger partial charge in [0.1, 0.15) is 0 Å². The molecule has 2 N–H and O–H groups in total. The van der Waals surface area contributed by atoms with E-state index in [4.69, 9.17) is 15.2 Å². The largest absolute Gasteiger partial charge is 0.428 e. The molecule has 0 fully saturated rings. The molecule has 2 rings (SSSR count). The van der Waals surface area contributed by atoms with Crippen LogP contribution < -0.4 is 5.73 Å². The second-order valence-electron chi connectivity index (χ2n) is 9.34. The molecular weight excluding hydrogens is 450 g/mol. The lowest BCUT2D eigenvalue weighted by Crippen LogP contribution is -2.44. The smallest absolute Gasteiger partial charge is 0.412 e. The average molecular weight is 496 g/mol. The number of anilines is 1. The van der Waals surface area contributed by atoms with E-state index in [2.05, 4.69) is 11.9 Å². The number of ether oxygens (including phenoxy) is 2. The van der Waals surface area contributed by atoms with Crippen molar-refractivity contribution in [3.05, 3.63) is 10.6 Å². The summed E-state index contributed by atoms with van der Waals surface area (Å²) in [6, 6.07) is 0.0619. The number of aromatic nitrogens is 1. The lowest BCUT2D eigenvalue weighted by Gasteiger charge is -2.32. The van der Waals surface area contributed by atoms with E-state index >= 15 is 0 Å². The first kappa shape index (κ1) is 28.4. The Bertz CT molecular complexity index is 725. The third-order valence-electron chi connectivity index (χ3n) is 6.46. The summed E-state index contributed by atoms with van der Waals surface area (Å²) in [5.41, 5.74) is 6.89. The van der Waals surface area contributed by atoms with Gasteiger partial charge < -0.3 is 20.1 Å². The quantitative estimate of drug-likeness (QED) is 0.148. The highest BCUT2D eigenvalue weighted by Gasteiger charge is 2.30. The van der Waals surface area contributed by atoms with E-state index in [1.165, 1.54) is 62.7 Å². The van der Waals surface area contributed by atoms with Crippen LogP contribution in [0.5, 0.6) is 0 Å². The lowest BCUT2D eigenvalue weighted by atomic mass is 9.96. The van der Waals surface area contributed by atoms with Gasteiger partial charge in [-0.3, -0.25) is 4.79 Å². The Labute approximate surface area is 209 Å². The van der Waals surface area contributed by atoms with Gasteiger partial charge in [0, 0.05) is 30.3 Å². The average Bonchev–Trinajstić information content (AvgIpc) is 3.20. The van der Waals surface area contributed by atoms with Gasteiger partial charge in [0.15, 0.2) is 5.13 Å². The molecule has 0 saturated heterocycles. The third-order valence-corrected chi connectivity index (χ3v) is 7.41. The number of nitrogens with two attached hydrogens (primary N) is 1. The number of carbonyl (C=O) groups excluding carboxylic acids is 2. The molecule has 1 heterocycles. The summed E-state index contributed by atoms with van der Waals surface area (Å²) >= 11 is 1.50. The van der Waals surface area contributed by atoms with Gasteiger partial charge in [0.2, 0.25) is 6.79 Å². The summed E-state index contributed by atoms with van der Waals surface area (Å²) in [5.74, 6) is -0.298. The number of nitrogen functional groups attached to an aromatic ring is 1. The first-order valence-corrected chi connectivity index (χ1v) is 14.2. The summed E-state index contributed by atoms with van der Waals surface area (Å²) in [4.78, 5) is 31.9. The number of carbonyl (C=O) groups is 2. The van der Waals surface area contributed by atoms with E-state index in [1.807, 2.05) is 6.92 Å². The summed E-state index contributed by atoms with van der Waals surface area (Å²) in [6.45, 7) is 4.57. The molecule has 34 heavy (non-hydrogen) atoms. The number of hydrogen-bond donors (Lipinski definition) is 1. The van der Waals surface area contributed by atoms with Crippen LogP contribution in [0.15, 0.2) is 0 Å². The van der Waals surface area contributed by atoms with E-state index in [-0.39, 0.29) is 18.8 Å². The minimum absolute atomic E-state index is 0.0619. The van der Waals surface area contributed by atoms with Gasteiger partial charge in [0.05, 0.1) is 5.69 Å². The van der Waals surface area contributed by atoms with Gasteiger partial charge in [-0.1, -0.05) is 78.1 Å². The van der Waals surface area contributed by atoms with Crippen molar-refractivity contribution in [1.82, 2.24) is 9.88 Å². The Morgan fingerprint density at radius 1 is 0.971 bits per heavy atom. The molecule has 0 spiro atoms. The molecule has 0 aliphatic heterocycles. The molecule has 1 amide bonds. The lowest BCUT2D eigenvalue weighted by molar-refractivity contribution is -0.152. The van der Waals surface area contributed by atoms with Crippen molar-refractivity contribution >= 4 is 28.5 Å². The summed E-state index contributed by atoms with van der Waals surface area (Å²) < 4.78 is 10.4. The Hall–Kier alpha value is -1.83. The number of rotatable bonds is 17. The van der Waals surface area contributed by atoms with Crippen LogP contribution in [0.2, 0.25) is 0 Å². The molecule has 1 atom stereocenters. The maximum Gasteiger partial charge on any atom is 0.412 e. The van der Waals surface area contributed by atoms with Crippen molar-refractivity contribution in [3.8, 4) is 0 Å². The van der Waals surface area contributed by atoms with Gasteiger partial charge in [-0.15, -0.1) is 11.3 Å². The zero-order chi connectivity index (χ0) is 24.6. The van der Waals surface area contributed by atoms with Crippen LogP contribution in [0.4, 0.5) is 9.93 Å². The number of esters is 1. The SMILES string of the molecule is CCCCCCCCCCCCCC(=O)OCOC(=O)N(CCC)C1CCc2nc(N)sc2C1. The van der Waals surface area contributed by atoms with Gasteiger partial charge >= 0.3 is 12.1 Å². The van der Waals surface area contributed by atoms with Crippen LogP contribution in [-0.4, -0.2) is 41.3 Å². The fourth-order valence-corrected chi connectivity index (χ4v) is 5.49. The van der Waals surface area contributed by atoms with Crippen LogP contribution >= 0.6 is 11.3 Å². The predicted molar refractivity (Wildman–Crippen MR) is 138 cm³/mol. The normalized spacial score (nSPS) is 15.1. The third kappa shape index (κ3) is 10.6. The van der Waals surface area contributed by atoms with E-state index < -0.39 is 6.09 Å². The Kier molecular flexibility index (Phi) is 14.0. The summed E-state index contributed by atoms with van der Waals surface area (Å²) in [7, 11) is 0. The van der Waals surface area contributed by atoms with Crippen molar-refractivity contribution in [1.29, 1.82) is 0 Å². The highest BCUT2D eigenvalue weighted by atomic mass is 32.1. The van der Waals surface area contributed by atoms with Crippen molar-refractivity contribution in [2.24, 2.45) is 0 Å². The monoisotopic (exact) mass is 495 g/mol. The molecule has 7 nitrogen and oxygen atoms in total. The molecule has 0 radical (unpaired) electrons. The minimum Gasteiger partial charge on any atom is -0.428 e. The number of thiazole rings is 1. The number of unbranched alkanes of at least 4 members (excludes halogenated alkanes) is 10. The molecule has 1 aromatic heterocycles. The number of fused-ring (bicyclic) bond motifs is 1. The zero-order valence-corrected chi connectivity index (χ0v) is 22.1. The molecule has 8 heteroatoms. The molecule has 1 aromatic rings. The van der Waals surface area contributed by atoms with E-state index in [0.29, 0.717) is 18.1 Å². The molecule has 1 unspecified atom stereocenters. The molecule has 194 valence electrons. The molecule has 0 aromatic carbocycles. The zero-order valence-electron chi connectivity index (χ0n) is 21.3. The van der Waals surface area contributed by atoms with E-state index in [9.17, 15) is 9.59 Å². The van der Waals surface area contributed by atoms with Crippen LogP contribution in [0.25, 0.3) is 0 Å². The van der Waals surface area contributed by atoms with Gasteiger partial charge in [-0.05, 0) is 25.7 Å². The fourth-order valence-electron chi connectivity index (χ4n) is 4.54. The topological polar surface area (TPSA) is 94.8 Å². The van der Waals surface area contributed by atoms with Gasteiger partial charge in [-0.25, -0.2) is 9.78 Å². The molecular formula is C26H45N3O4S. The minimum atomic E-state index is -0.421. The standard InChI is InChI=1S/C26H45N3O4S/c1-3-5-6-7-8-9-10-11-12-13-14-15-24(30)32-20-33-26(31)29(18-4-2)21-16-17-22-23(19-21)34-25(27)28-22/h21H,3-20H2,1-2H3,(H2,27,28). The molecule has 1 aliphatic carbocycles. The second-order valence-corrected chi connectivity index (χ2v) is 10.5. The van der Waals surface area contributed by atoms with Crippen molar-refractivity contribution in [2.75, 3.05) is 19.1 Å². The predicted octanol–water partition coefficient (Wildman–Crippen LogP) is 6.63. The fraction of sp³-hybridized carbons (Fsp3) is 0.808. The highest BCUT2D eigenvalue weighted by molar-refractivity contribution is 7.15. The first-order valence-electron chi connectivity index (χ1n) is 13.4. The Morgan fingerprint density at radius 2 is 1.62 bits per heavy atom.